The summed E-state index contributed by atoms with van der Waals surface area (Å²) in [6.45, 7) is 1.98. The van der Waals surface area contributed by atoms with Gasteiger partial charge in [0.1, 0.15) is 5.52 Å². The number of benzene rings is 1. The van der Waals surface area contributed by atoms with Crippen LogP contribution in [-0.2, 0) is 0 Å². The third-order valence-electron chi connectivity index (χ3n) is 2.47. The molecule has 0 spiro atoms. The van der Waals surface area contributed by atoms with E-state index < -0.39 is 0 Å². The molecule has 1 aromatic carbocycles. The highest BCUT2D eigenvalue weighted by Crippen LogP contribution is 2.33. The van der Waals surface area contributed by atoms with Crippen LogP contribution in [-0.4, -0.2) is 9.97 Å². The lowest BCUT2D eigenvalue weighted by Gasteiger charge is -2.00. The summed E-state index contributed by atoms with van der Waals surface area (Å²) in [5.74, 6) is 0. The van der Waals surface area contributed by atoms with Crippen molar-refractivity contribution in [2.75, 3.05) is 5.73 Å². The van der Waals surface area contributed by atoms with Gasteiger partial charge in [-0.1, -0.05) is 11.6 Å². The average Bonchev–Trinajstić information content (AvgIpc) is 2.84. The van der Waals surface area contributed by atoms with Crippen molar-refractivity contribution in [1.29, 1.82) is 0 Å². The van der Waals surface area contributed by atoms with Crippen molar-refractivity contribution in [3.05, 3.63) is 28.4 Å². The van der Waals surface area contributed by atoms with Crippen LogP contribution >= 0.6 is 22.9 Å². The number of oxazole rings is 1. The van der Waals surface area contributed by atoms with Crippen LogP contribution in [0.1, 0.15) is 4.88 Å². The highest BCUT2D eigenvalue weighted by Gasteiger charge is 2.12. The minimum Gasteiger partial charge on any atom is -0.442 e. The van der Waals surface area contributed by atoms with E-state index in [1.807, 2.05) is 19.1 Å². The van der Waals surface area contributed by atoms with Gasteiger partial charge in [-0.3, -0.25) is 0 Å². The van der Waals surface area contributed by atoms with Crippen molar-refractivity contribution in [3.63, 3.8) is 0 Å². The van der Waals surface area contributed by atoms with Crippen molar-refractivity contribution < 1.29 is 4.42 Å². The van der Waals surface area contributed by atoms with E-state index in [4.69, 9.17) is 21.8 Å². The monoisotopic (exact) mass is 265 g/mol. The van der Waals surface area contributed by atoms with Crippen LogP contribution < -0.4 is 5.73 Å². The summed E-state index contributed by atoms with van der Waals surface area (Å²) in [5, 5.41) is 1.08. The minimum absolute atomic E-state index is 0.529. The lowest BCUT2D eigenvalue weighted by molar-refractivity contribution is 0.602. The number of thiazole rings is 1. The number of anilines is 1. The lowest BCUT2D eigenvalue weighted by Crippen LogP contribution is -1.84. The highest BCUT2D eigenvalue weighted by molar-refractivity contribution is 7.15. The van der Waals surface area contributed by atoms with E-state index in [9.17, 15) is 0 Å². The molecule has 17 heavy (non-hydrogen) atoms. The molecule has 0 unspecified atom stereocenters. The van der Waals surface area contributed by atoms with Crippen molar-refractivity contribution in [3.8, 4) is 11.3 Å². The summed E-state index contributed by atoms with van der Waals surface area (Å²) >= 11 is 7.58. The van der Waals surface area contributed by atoms with Crippen LogP contribution in [0.4, 0.5) is 5.13 Å². The Balaban J connectivity index is 2.27. The largest absolute Gasteiger partial charge is 0.442 e. The SMILES string of the molecule is Cc1sc(N)nc1-c1cc(Cl)c2ocnc2c1. The predicted octanol–water partition coefficient (Wildman–Crippen LogP) is 3.50. The van der Waals surface area contributed by atoms with Crippen molar-refractivity contribution in [1.82, 2.24) is 9.97 Å². The fourth-order valence-corrected chi connectivity index (χ4v) is 2.72. The van der Waals surface area contributed by atoms with E-state index in [1.54, 1.807) is 0 Å². The smallest absolute Gasteiger partial charge is 0.182 e. The third kappa shape index (κ3) is 1.67. The normalized spacial score (nSPS) is 11.2. The molecule has 0 atom stereocenters. The van der Waals surface area contributed by atoms with Crippen LogP contribution in [0, 0.1) is 6.92 Å². The number of hydrogen-bond acceptors (Lipinski definition) is 5. The first kappa shape index (κ1) is 10.6. The summed E-state index contributed by atoms with van der Waals surface area (Å²) in [6, 6.07) is 3.71. The Hall–Kier alpha value is -1.59. The summed E-state index contributed by atoms with van der Waals surface area (Å²) in [6.07, 6.45) is 1.38. The van der Waals surface area contributed by atoms with Gasteiger partial charge in [0.15, 0.2) is 17.1 Å². The van der Waals surface area contributed by atoms with Gasteiger partial charge in [0.25, 0.3) is 0 Å². The number of hydrogen-bond donors (Lipinski definition) is 1. The number of aryl methyl sites for hydroxylation is 1. The van der Waals surface area contributed by atoms with E-state index in [0.717, 1.165) is 21.7 Å². The number of aromatic nitrogens is 2. The van der Waals surface area contributed by atoms with Crippen LogP contribution in [0.3, 0.4) is 0 Å². The van der Waals surface area contributed by atoms with Crippen molar-refractivity contribution in [2.45, 2.75) is 6.92 Å². The van der Waals surface area contributed by atoms with Crippen LogP contribution in [0.5, 0.6) is 0 Å². The van der Waals surface area contributed by atoms with Gasteiger partial charge in [-0.2, -0.15) is 0 Å². The lowest BCUT2D eigenvalue weighted by atomic mass is 10.1. The zero-order chi connectivity index (χ0) is 12.0. The first-order valence-electron chi connectivity index (χ1n) is 4.91. The second kappa shape index (κ2) is 3.72. The third-order valence-corrected chi connectivity index (χ3v) is 3.55. The first-order chi connectivity index (χ1) is 8.15. The molecule has 0 fully saturated rings. The Kier molecular flexibility index (Phi) is 2.31. The number of halogens is 1. The molecule has 3 rings (SSSR count). The predicted molar refractivity (Wildman–Crippen MR) is 69.3 cm³/mol. The second-order valence-electron chi connectivity index (χ2n) is 3.62. The molecule has 4 nitrogen and oxygen atoms in total. The maximum absolute atomic E-state index is 6.12. The first-order valence-corrected chi connectivity index (χ1v) is 6.10. The number of nitrogens with zero attached hydrogens (tertiary/aromatic N) is 2. The van der Waals surface area contributed by atoms with Crippen LogP contribution in [0.25, 0.3) is 22.4 Å². The summed E-state index contributed by atoms with van der Waals surface area (Å²) in [5.41, 5.74) is 8.75. The Morgan fingerprint density at radius 3 is 2.94 bits per heavy atom. The second-order valence-corrected chi connectivity index (χ2v) is 5.26. The van der Waals surface area contributed by atoms with Gasteiger partial charge >= 0.3 is 0 Å². The molecule has 2 heterocycles. The molecule has 0 amide bonds. The Bertz CT molecular complexity index is 704. The van der Waals surface area contributed by atoms with Gasteiger partial charge in [-0.15, -0.1) is 11.3 Å². The zero-order valence-electron chi connectivity index (χ0n) is 8.90. The molecule has 0 radical (unpaired) electrons. The van der Waals surface area contributed by atoms with E-state index >= 15 is 0 Å². The maximum atomic E-state index is 6.12. The van der Waals surface area contributed by atoms with Gasteiger partial charge in [0, 0.05) is 10.4 Å². The highest BCUT2D eigenvalue weighted by atomic mass is 35.5. The molecule has 86 valence electrons. The van der Waals surface area contributed by atoms with Gasteiger partial charge in [-0.05, 0) is 19.1 Å². The standard InChI is InChI=1S/C11H8ClN3OS/c1-5-9(15-11(13)17-5)6-2-7(12)10-8(3-6)14-4-16-10/h2-4H,1H3,(H2,13,15). The van der Waals surface area contributed by atoms with Crippen LogP contribution in [0.15, 0.2) is 22.9 Å². The molecule has 0 saturated carbocycles. The number of nitrogen functional groups attached to an aromatic ring is 1. The molecule has 0 aliphatic carbocycles. The summed E-state index contributed by atoms with van der Waals surface area (Å²) in [4.78, 5) is 9.44. The molecular weight excluding hydrogens is 258 g/mol. The number of nitrogens with two attached hydrogens (primary N) is 1. The van der Waals surface area contributed by atoms with Gasteiger partial charge < -0.3 is 10.2 Å². The molecule has 0 aliphatic heterocycles. The van der Waals surface area contributed by atoms with E-state index in [1.165, 1.54) is 17.7 Å². The fraction of sp³-hybridized carbons (Fsp3) is 0.0909. The molecule has 0 saturated heterocycles. The molecule has 0 bridgehead atoms. The molecule has 2 aromatic heterocycles. The molecular formula is C11H8ClN3OS. The molecule has 6 heteroatoms. The summed E-state index contributed by atoms with van der Waals surface area (Å²) < 4.78 is 5.19. The Labute approximate surface area is 106 Å². The van der Waals surface area contributed by atoms with Crippen molar-refractivity contribution >= 4 is 39.2 Å². The summed E-state index contributed by atoms with van der Waals surface area (Å²) in [7, 11) is 0. The average molecular weight is 266 g/mol. The van der Waals surface area contributed by atoms with Crippen LogP contribution in [0.2, 0.25) is 5.02 Å². The maximum Gasteiger partial charge on any atom is 0.182 e. The number of rotatable bonds is 1. The van der Waals surface area contributed by atoms with E-state index in [0.29, 0.717) is 15.7 Å². The quantitative estimate of drug-likeness (QED) is 0.731. The Morgan fingerprint density at radius 1 is 1.41 bits per heavy atom. The van der Waals surface area contributed by atoms with Gasteiger partial charge in [-0.25, -0.2) is 9.97 Å². The molecule has 3 aromatic rings. The number of fused-ring (bicyclic) bond motifs is 1. The fourth-order valence-electron chi connectivity index (χ4n) is 1.75. The molecule has 2 N–H and O–H groups in total. The van der Waals surface area contributed by atoms with Crippen molar-refractivity contribution in [2.24, 2.45) is 0 Å². The molecule has 0 aliphatic rings. The van der Waals surface area contributed by atoms with Gasteiger partial charge in [0.05, 0.1) is 10.7 Å². The zero-order valence-corrected chi connectivity index (χ0v) is 10.5. The van der Waals surface area contributed by atoms with E-state index in [2.05, 4.69) is 9.97 Å². The van der Waals surface area contributed by atoms with Gasteiger partial charge in [0.2, 0.25) is 0 Å². The topological polar surface area (TPSA) is 64.9 Å². The Morgan fingerprint density at radius 2 is 2.24 bits per heavy atom. The van der Waals surface area contributed by atoms with E-state index in [-0.39, 0.29) is 0 Å². The minimum atomic E-state index is 0.529.